The van der Waals surface area contributed by atoms with E-state index in [1.165, 1.54) is 32.1 Å². The van der Waals surface area contributed by atoms with Gasteiger partial charge in [-0.15, -0.1) is 0 Å². The topological polar surface area (TPSA) is 41.1 Å². The Morgan fingerprint density at radius 2 is 1.76 bits per heavy atom. The van der Waals surface area contributed by atoms with Crippen LogP contribution in [0.5, 0.6) is 0 Å². The molecule has 3 aliphatic rings. The second-order valence-corrected chi connectivity index (χ2v) is 6.12. The van der Waals surface area contributed by atoms with Crippen LogP contribution in [0.15, 0.2) is 0 Å². The van der Waals surface area contributed by atoms with Crippen LogP contribution in [0.2, 0.25) is 0 Å². The van der Waals surface area contributed by atoms with Crippen molar-refractivity contribution in [2.45, 2.75) is 44.9 Å². The molecule has 1 amide bonds. The van der Waals surface area contributed by atoms with E-state index in [9.17, 15) is 4.79 Å². The van der Waals surface area contributed by atoms with Crippen LogP contribution in [-0.4, -0.2) is 25.5 Å². The second kappa shape index (κ2) is 4.60. The average Bonchev–Trinajstić information content (AvgIpc) is 2.69. The van der Waals surface area contributed by atoms with Crippen molar-refractivity contribution < 1.29 is 4.79 Å². The van der Waals surface area contributed by atoms with Gasteiger partial charge in [0.25, 0.3) is 0 Å². The van der Waals surface area contributed by atoms with Crippen LogP contribution in [-0.2, 0) is 4.79 Å². The van der Waals surface area contributed by atoms with E-state index < -0.39 is 0 Å². The van der Waals surface area contributed by atoms with Gasteiger partial charge in [0, 0.05) is 6.54 Å². The lowest BCUT2D eigenvalue weighted by Gasteiger charge is -2.41. The molecule has 3 nitrogen and oxygen atoms in total. The number of rotatable bonds is 1. The highest BCUT2D eigenvalue weighted by Gasteiger charge is 2.52. The van der Waals surface area contributed by atoms with Gasteiger partial charge in [0.1, 0.15) is 0 Å². The Morgan fingerprint density at radius 1 is 1.06 bits per heavy atom. The number of piperidine rings is 1. The van der Waals surface area contributed by atoms with Crippen molar-refractivity contribution >= 4 is 5.91 Å². The Bertz CT molecular complexity index is 291. The van der Waals surface area contributed by atoms with E-state index in [0.29, 0.717) is 11.8 Å². The molecule has 3 fully saturated rings. The van der Waals surface area contributed by atoms with Crippen LogP contribution in [0.3, 0.4) is 0 Å². The number of carbonyl (C=O) groups excluding carboxylic acids is 1. The molecule has 0 bridgehead atoms. The molecule has 3 heteroatoms. The molecule has 0 radical (unpaired) electrons. The van der Waals surface area contributed by atoms with Gasteiger partial charge < -0.3 is 10.6 Å². The van der Waals surface area contributed by atoms with Crippen molar-refractivity contribution in [3.63, 3.8) is 0 Å². The molecule has 17 heavy (non-hydrogen) atoms. The molecule has 0 aromatic carbocycles. The van der Waals surface area contributed by atoms with Gasteiger partial charge in [-0.1, -0.05) is 32.1 Å². The smallest absolute Gasteiger partial charge is 0.226 e. The van der Waals surface area contributed by atoms with E-state index in [2.05, 4.69) is 10.6 Å². The quantitative estimate of drug-likeness (QED) is 0.727. The van der Waals surface area contributed by atoms with Crippen LogP contribution in [0.4, 0.5) is 0 Å². The molecule has 3 rings (SSSR count). The summed E-state index contributed by atoms with van der Waals surface area (Å²) in [5.74, 6) is 1.78. The summed E-state index contributed by atoms with van der Waals surface area (Å²) in [4.78, 5) is 12.3. The molecule has 0 aromatic heterocycles. The first-order chi connectivity index (χ1) is 8.33. The molecule has 0 aromatic rings. The molecule has 1 spiro atoms. The van der Waals surface area contributed by atoms with Crippen LogP contribution in [0.25, 0.3) is 0 Å². The van der Waals surface area contributed by atoms with Crippen molar-refractivity contribution in [2.75, 3.05) is 19.6 Å². The third-order valence-corrected chi connectivity index (χ3v) is 5.36. The second-order valence-electron chi connectivity index (χ2n) is 6.12. The Kier molecular flexibility index (Phi) is 3.12. The normalized spacial score (nSPS) is 33.9. The molecule has 96 valence electrons. The van der Waals surface area contributed by atoms with E-state index in [1.54, 1.807) is 0 Å². The monoisotopic (exact) mass is 236 g/mol. The lowest BCUT2D eigenvalue weighted by atomic mass is 9.63. The maximum Gasteiger partial charge on any atom is 0.226 e. The van der Waals surface area contributed by atoms with Crippen LogP contribution < -0.4 is 10.6 Å². The Labute approximate surface area is 104 Å². The zero-order valence-corrected chi connectivity index (χ0v) is 10.6. The van der Waals surface area contributed by atoms with E-state index in [-0.39, 0.29) is 5.41 Å². The van der Waals surface area contributed by atoms with Gasteiger partial charge in [-0.25, -0.2) is 0 Å². The number of amides is 1. The van der Waals surface area contributed by atoms with Gasteiger partial charge in [0.05, 0.1) is 5.41 Å². The first-order valence-electron chi connectivity index (χ1n) is 7.32. The van der Waals surface area contributed by atoms with Crippen molar-refractivity contribution in [3.05, 3.63) is 0 Å². The fourth-order valence-electron chi connectivity index (χ4n) is 4.37. The van der Waals surface area contributed by atoms with Gasteiger partial charge in [0.15, 0.2) is 0 Å². The first kappa shape index (κ1) is 11.5. The summed E-state index contributed by atoms with van der Waals surface area (Å²) in [6, 6.07) is 0. The van der Waals surface area contributed by atoms with Gasteiger partial charge in [0.2, 0.25) is 5.91 Å². The minimum atomic E-state index is -0.00669. The summed E-state index contributed by atoms with van der Waals surface area (Å²) in [6.45, 7) is 3.00. The zero-order valence-electron chi connectivity index (χ0n) is 10.6. The SMILES string of the molecule is O=C1NCC(C2CCCCC2)C12CCNCC2. The van der Waals surface area contributed by atoms with Crippen molar-refractivity contribution in [3.8, 4) is 0 Å². The van der Waals surface area contributed by atoms with Crippen molar-refractivity contribution in [1.82, 2.24) is 10.6 Å². The molecule has 1 unspecified atom stereocenters. The number of carbonyl (C=O) groups is 1. The number of nitrogens with one attached hydrogen (secondary N) is 2. The fourth-order valence-corrected chi connectivity index (χ4v) is 4.37. The zero-order chi connectivity index (χ0) is 11.7. The van der Waals surface area contributed by atoms with Crippen LogP contribution >= 0.6 is 0 Å². The fraction of sp³-hybridized carbons (Fsp3) is 0.929. The van der Waals surface area contributed by atoms with Crippen molar-refractivity contribution in [1.29, 1.82) is 0 Å². The minimum Gasteiger partial charge on any atom is -0.355 e. The highest BCUT2D eigenvalue weighted by molar-refractivity contribution is 5.85. The minimum absolute atomic E-state index is 0.00669. The third kappa shape index (κ3) is 1.88. The Morgan fingerprint density at radius 3 is 2.47 bits per heavy atom. The predicted molar refractivity (Wildman–Crippen MR) is 67.6 cm³/mol. The van der Waals surface area contributed by atoms with Crippen LogP contribution in [0.1, 0.15) is 44.9 Å². The molecule has 1 atom stereocenters. The summed E-state index contributed by atoms with van der Waals surface area (Å²) < 4.78 is 0. The summed E-state index contributed by atoms with van der Waals surface area (Å²) in [7, 11) is 0. The highest BCUT2D eigenvalue weighted by Crippen LogP contribution is 2.47. The number of hydrogen-bond donors (Lipinski definition) is 2. The standard InChI is InChI=1S/C14H24N2O/c17-13-14(6-8-15-9-7-14)12(10-16-13)11-4-2-1-3-5-11/h11-12,15H,1-10H2,(H,16,17). The molecule has 1 saturated carbocycles. The first-order valence-corrected chi connectivity index (χ1v) is 7.32. The number of hydrogen-bond acceptors (Lipinski definition) is 2. The van der Waals surface area contributed by atoms with E-state index in [0.717, 1.165) is 38.4 Å². The largest absolute Gasteiger partial charge is 0.355 e. The summed E-state index contributed by atoms with van der Waals surface area (Å²) >= 11 is 0. The van der Waals surface area contributed by atoms with Crippen LogP contribution in [0, 0.1) is 17.3 Å². The maximum atomic E-state index is 12.3. The van der Waals surface area contributed by atoms with E-state index in [4.69, 9.17) is 0 Å². The van der Waals surface area contributed by atoms with Gasteiger partial charge in [-0.05, 0) is 37.8 Å². The van der Waals surface area contributed by atoms with Gasteiger partial charge in [-0.3, -0.25) is 4.79 Å². The summed E-state index contributed by atoms with van der Waals surface area (Å²) in [5.41, 5.74) is -0.00669. The summed E-state index contributed by atoms with van der Waals surface area (Å²) in [6.07, 6.45) is 8.98. The van der Waals surface area contributed by atoms with Crippen molar-refractivity contribution in [2.24, 2.45) is 17.3 Å². The van der Waals surface area contributed by atoms with Gasteiger partial charge in [-0.2, -0.15) is 0 Å². The van der Waals surface area contributed by atoms with E-state index in [1.807, 2.05) is 0 Å². The molecular weight excluding hydrogens is 212 g/mol. The molecule has 1 aliphatic carbocycles. The molecule has 2 N–H and O–H groups in total. The molecule has 2 aliphatic heterocycles. The predicted octanol–water partition coefficient (Wildman–Crippen LogP) is 1.68. The molecule has 2 heterocycles. The van der Waals surface area contributed by atoms with Gasteiger partial charge >= 0.3 is 0 Å². The third-order valence-electron chi connectivity index (χ3n) is 5.36. The van der Waals surface area contributed by atoms with E-state index >= 15 is 0 Å². The average molecular weight is 236 g/mol. The molecule has 2 saturated heterocycles. The lowest BCUT2D eigenvalue weighted by molar-refractivity contribution is -0.131. The maximum absolute atomic E-state index is 12.3. The molecular formula is C14H24N2O. The highest BCUT2D eigenvalue weighted by atomic mass is 16.2. The Balaban J connectivity index is 1.79. The lowest BCUT2D eigenvalue weighted by Crippen LogP contribution is -2.46. The summed E-state index contributed by atoms with van der Waals surface area (Å²) in [5, 5.41) is 6.56. The Hall–Kier alpha value is -0.570.